The van der Waals surface area contributed by atoms with Gasteiger partial charge in [0, 0.05) is 42.1 Å². The van der Waals surface area contributed by atoms with Crippen LogP contribution in [0, 0.1) is 0 Å². The fourth-order valence-electron chi connectivity index (χ4n) is 3.87. The van der Waals surface area contributed by atoms with Crippen LogP contribution in [0.2, 0.25) is 0 Å². The van der Waals surface area contributed by atoms with Crippen molar-refractivity contribution >= 4 is 94.1 Å². The van der Waals surface area contributed by atoms with Gasteiger partial charge in [-0.3, -0.25) is 0 Å². The zero-order chi connectivity index (χ0) is 25.9. The van der Waals surface area contributed by atoms with Crippen LogP contribution in [0.15, 0.2) is 117 Å². The molecule has 0 amide bonds. The van der Waals surface area contributed by atoms with Crippen LogP contribution in [-0.4, -0.2) is 22.5 Å². The fourth-order valence-corrected chi connectivity index (χ4v) is 7.52. The third-order valence-electron chi connectivity index (χ3n) is 5.58. The molecule has 0 fully saturated rings. The van der Waals surface area contributed by atoms with Gasteiger partial charge in [0.15, 0.2) is 0 Å². The van der Waals surface area contributed by atoms with Gasteiger partial charge >= 0.3 is 0 Å². The van der Waals surface area contributed by atoms with Gasteiger partial charge in [0.05, 0.1) is 22.7 Å². The van der Waals surface area contributed by atoms with Crippen molar-refractivity contribution in [2.24, 2.45) is 0 Å². The summed E-state index contributed by atoms with van der Waals surface area (Å²) in [5.41, 5.74) is 5.08. The number of hydrogen-bond acceptors (Lipinski definition) is 4. The van der Waals surface area contributed by atoms with E-state index in [-0.39, 0.29) is 0 Å². The third kappa shape index (κ3) is 7.82. The summed E-state index contributed by atoms with van der Waals surface area (Å²) < 4.78 is 0. The molecule has 6 rings (SSSR count). The summed E-state index contributed by atoms with van der Waals surface area (Å²) in [6.07, 6.45) is 2.37. The van der Waals surface area contributed by atoms with E-state index < -0.39 is 0 Å². The summed E-state index contributed by atoms with van der Waals surface area (Å²) >= 11 is 13.8. The molecule has 7 heteroatoms. The number of fused-ring (bicyclic) bond motifs is 4. The van der Waals surface area contributed by atoms with Crippen LogP contribution in [0.4, 0.5) is 22.7 Å². The van der Waals surface area contributed by atoms with Gasteiger partial charge in [-0.15, -0.1) is 0 Å². The minimum atomic E-state index is 1.04. The summed E-state index contributed by atoms with van der Waals surface area (Å²) in [6, 6.07) is 34.1. The standard InChI is InChI=1S/C15H14BrNS.C12H9NS.C3H6Br2/c16-10-5-11-17-12-6-1-3-8-14(12)18-15-9-4-2-7-13(15)17;1-3-7-11-9(5-1)13-10-6-2-4-8-12(10)14-11;4-2-1-3-5/h1-4,6-9H,5,10-11H2;1-8,13H;1-3H2. The van der Waals surface area contributed by atoms with Crippen molar-refractivity contribution in [1.29, 1.82) is 0 Å². The van der Waals surface area contributed by atoms with Crippen LogP contribution < -0.4 is 10.2 Å². The van der Waals surface area contributed by atoms with Crippen LogP contribution >= 0.6 is 71.3 Å². The minimum Gasteiger partial charge on any atom is -0.354 e. The van der Waals surface area contributed by atoms with E-state index in [0.717, 1.165) is 29.0 Å². The maximum atomic E-state index is 3.52. The Kier molecular flexibility index (Phi) is 11.8. The lowest BCUT2D eigenvalue weighted by Crippen LogP contribution is -2.22. The van der Waals surface area contributed by atoms with Gasteiger partial charge in [0.1, 0.15) is 0 Å². The van der Waals surface area contributed by atoms with Crippen molar-refractivity contribution in [2.75, 3.05) is 32.8 Å². The molecule has 4 aromatic carbocycles. The summed E-state index contributed by atoms with van der Waals surface area (Å²) in [5, 5.41) is 6.68. The molecule has 0 aliphatic carbocycles. The van der Waals surface area contributed by atoms with Crippen molar-refractivity contribution in [2.45, 2.75) is 32.4 Å². The second-order valence-electron chi connectivity index (χ2n) is 8.18. The number of nitrogens with zero attached hydrogens (tertiary/aromatic N) is 1. The Labute approximate surface area is 254 Å². The second kappa shape index (κ2) is 15.3. The number of rotatable bonds is 5. The number of nitrogens with one attached hydrogen (secondary N) is 1. The molecular weight excluding hydrogens is 692 g/mol. The number of halogens is 3. The first kappa shape index (κ1) is 28.6. The molecule has 0 unspecified atom stereocenters. The highest BCUT2D eigenvalue weighted by molar-refractivity contribution is 9.09. The third-order valence-corrected chi connectivity index (χ3v) is 9.54. The van der Waals surface area contributed by atoms with Gasteiger partial charge in [0.2, 0.25) is 0 Å². The fraction of sp³-hybridized carbons (Fsp3) is 0.200. The van der Waals surface area contributed by atoms with E-state index in [0.29, 0.717) is 0 Å². The first-order valence-electron chi connectivity index (χ1n) is 12.2. The zero-order valence-electron chi connectivity index (χ0n) is 20.4. The average molecular weight is 721 g/mol. The molecule has 2 aliphatic rings. The van der Waals surface area contributed by atoms with Crippen LogP contribution in [0.5, 0.6) is 0 Å². The molecule has 1 N–H and O–H groups in total. The number of benzene rings is 4. The lowest BCUT2D eigenvalue weighted by atomic mass is 10.2. The molecule has 0 saturated carbocycles. The Hall–Kier alpha value is -1.38. The number of anilines is 4. The average Bonchev–Trinajstić information content (AvgIpc) is 2.95. The van der Waals surface area contributed by atoms with Crippen molar-refractivity contribution in [3.8, 4) is 0 Å². The minimum absolute atomic E-state index is 1.04. The predicted molar refractivity (Wildman–Crippen MR) is 175 cm³/mol. The molecule has 0 saturated heterocycles. The van der Waals surface area contributed by atoms with E-state index in [9.17, 15) is 0 Å². The Morgan fingerprint density at radius 3 is 1.38 bits per heavy atom. The molecular formula is C30H29Br3N2S2. The number of hydrogen-bond donors (Lipinski definition) is 1. The highest BCUT2D eigenvalue weighted by atomic mass is 79.9. The normalized spacial score (nSPS) is 12.2. The molecule has 192 valence electrons. The maximum Gasteiger partial charge on any atom is 0.0552 e. The first-order chi connectivity index (χ1) is 18.2. The molecule has 4 aromatic rings. The zero-order valence-corrected chi connectivity index (χ0v) is 26.8. The smallest absolute Gasteiger partial charge is 0.0552 e. The van der Waals surface area contributed by atoms with Crippen LogP contribution in [0.3, 0.4) is 0 Å². The molecule has 2 nitrogen and oxygen atoms in total. The Balaban J connectivity index is 0.000000150. The van der Waals surface area contributed by atoms with E-state index in [1.165, 1.54) is 48.8 Å². The van der Waals surface area contributed by atoms with Gasteiger partial charge in [-0.1, -0.05) is 120 Å². The molecule has 0 spiro atoms. The molecule has 2 aliphatic heterocycles. The largest absolute Gasteiger partial charge is 0.354 e. The van der Waals surface area contributed by atoms with Crippen LogP contribution in [-0.2, 0) is 0 Å². The number of para-hydroxylation sites is 4. The van der Waals surface area contributed by atoms with E-state index in [2.05, 4.69) is 155 Å². The van der Waals surface area contributed by atoms with Crippen molar-refractivity contribution in [3.63, 3.8) is 0 Å². The monoisotopic (exact) mass is 718 g/mol. The lowest BCUT2D eigenvalue weighted by molar-refractivity contribution is 0.877. The molecule has 0 bridgehead atoms. The van der Waals surface area contributed by atoms with Crippen molar-refractivity contribution < 1.29 is 0 Å². The van der Waals surface area contributed by atoms with Gasteiger partial charge in [-0.2, -0.15) is 0 Å². The van der Waals surface area contributed by atoms with Crippen LogP contribution in [0.1, 0.15) is 12.8 Å². The first-order valence-corrected chi connectivity index (χ1v) is 17.2. The maximum absolute atomic E-state index is 3.52. The van der Waals surface area contributed by atoms with E-state index in [1.807, 2.05) is 23.5 Å². The SMILES string of the molecule is BrCCCBr.BrCCCN1c2ccccc2Sc2ccccc21.c1ccc2c(c1)Nc1ccccc1S2. The van der Waals surface area contributed by atoms with E-state index >= 15 is 0 Å². The topological polar surface area (TPSA) is 15.3 Å². The van der Waals surface area contributed by atoms with Gasteiger partial charge in [-0.05, 0) is 61.4 Å². The summed E-state index contributed by atoms with van der Waals surface area (Å²) in [5.74, 6) is 0. The van der Waals surface area contributed by atoms with Crippen molar-refractivity contribution in [1.82, 2.24) is 0 Å². The highest BCUT2D eigenvalue weighted by Crippen LogP contribution is 2.47. The molecule has 37 heavy (non-hydrogen) atoms. The second-order valence-corrected chi connectivity index (χ2v) is 12.7. The van der Waals surface area contributed by atoms with Crippen LogP contribution in [0.25, 0.3) is 0 Å². The molecule has 0 aromatic heterocycles. The number of alkyl halides is 3. The predicted octanol–water partition coefficient (Wildman–Crippen LogP) is 11.1. The molecule has 2 heterocycles. The van der Waals surface area contributed by atoms with Gasteiger partial charge in [0.25, 0.3) is 0 Å². The van der Waals surface area contributed by atoms with Crippen molar-refractivity contribution in [3.05, 3.63) is 97.1 Å². The Morgan fingerprint density at radius 1 is 0.514 bits per heavy atom. The van der Waals surface area contributed by atoms with Gasteiger partial charge < -0.3 is 10.2 Å². The van der Waals surface area contributed by atoms with E-state index in [4.69, 9.17) is 0 Å². The Morgan fingerprint density at radius 2 is 0.919 bits per heavy atom. The quantitative estimate of drug-likeness (QED) is 0.182. The Bertz CT molecular complexity index is 1150. The summed E-state index contributed by atoms with van der Waals surface area (Å²) in [7, 11) is 0. The molecule has 0 radical (unpaired) electrons. The highest BCUT2D eigenvalue weighted by Gasteiger charge is 2.21. The lowest BCUT2D eigenvalue weighted by Gasteiger charge is -2.32. The van der Waals surface area contributed by atoms with E-state index in [1.54, 1.807) is 0 Å². The summed E-state index contributed by atoms with van der Waals surface area (Å²) in [6.45, 7) is 1.06. The molecule has 0 atom stereocenters. The summed E-state index contributed by atoms with van der Waals surface area (Å²) in [4.78, 5) is 7.73. The van der Waals surface area contributed by atoms with Gasteiger partial charge in [-0.25, -0.2) is 0 Å².